The Morgan fingerprint density at radius 2 is 1.89 bits per heavy atom. The molecule has 8 heteroatoms. The maximum Gasteiger partial charge on any atom is 0.321 e. The van der Waals surface area contributed by atoms with E-state index in [-0.39, 0.29) is 17.6 Å². The van der Waals surface area contributed by atoms with Crippen LogP contribution in [0.25, 0.3) is 5.69 Å². The zero-order valence-electron chi connectivity index (χ0n) is 14.6. The lowest BCUT2D eigenvalue weighted by Crippen LogP contribution is -2.42. The molecule has 0 spiro atoms. The molecule has 7 nitrogen and oxygen atoms in total. The number of nitrogens with zero attached hydrogens (tertiary/aromatic N) is 5. The van der Waals surface area contributed by atoms with Crippen LogP contribution in [0, 0.1) is 5.82 Å². The largest absolute Gasteiger partial charge is 0.324 e. The molecule has 0 saturated carbocycles. The number of hydrogen-bond acceptors (Lipinski definition) is 4. The number of benzene rings is 2. The van der Waals surface area contributed by atoms with Crippen molar-refractivity contribution in [2.45, 2.75) is 18.8 Å². The standard InChI is InChI=1S/C19H19FN6O/c20-16-10-4-5-11-17(16)21-19(27)25-12-6-7-14(13-25)18-22-23-24-26(18)15-8-2-1-3-9-15/h1-5,8-11,14H,6-7,12-13H2,(H,21,27). The summed E-state index contributed by atoms with van der Waals surface area (Å²) in [6, 6.07) is 15.5. The van der Waals surface area contributed by atoms with Crippen LogP contribution in [0.4, 0.5) is 14.9 Å². The van der Waals surface area contributed by atoms with Crippen molar-refractivity contribution in [3.8, 4) is 5.69 Å². The summed E-state index contributed by atoms with van der Waals surface area (Å²) in [5, 5.41) is 14.8. The summed E-state index contributed by atoms with van der Waals surface area (Å²) < 4.78 is 15.5. The number of aromatic nitrogens is 4. The molecular formula is C19H19FN6O. The van der Waals surface area contributed by atoms with Crippen molar-refractivity contribution in [1.29, 1.82) is 0 Å². The molecule has 1 fully saturated rings. The van der Waals surface area contributed by atoms with Crippen LogP contribution in [0.3, 0.4) is 0 Å². The van der Waals surface area contributed by atoms with Gasteiger partial charge in [-0.1, -0.05) is 30.3 Å². The molecule has 1 unspecified atom stereocenters. The van der Waals surface area contributed by atoms with Crippen LogP contribution in [0.15, 0.2) is 54.6 Å². The van der Waals surface area contributed by atoms with E-state index < -0.39 is 5.82 Å². The van der Waals surface area contributed by atoms with Gasteiger partial charge in [-0.25, -0.2) is 9.18 Å². The number of amides is 2. The Morgan fingerprint density at radius 3 is 2.70 bits per heavy atom. The minimum Gasteiger partial charge on any atom is -0.324 e. The van der Waals surface area contributed by atoms with E-state index in [1.165, 1.54) is 6.07 Å². The van der Waals surface area contributed by atoms with Gasteiger partial charge >= 0.3 is 6.03 Å². The van der Waals surface area contributed by atoms with Gasteiger partial charge in [0, 0.05) is 19.0 Å². The number of carbonyl (C=O) groups excluding carboxylic acids is 1. The smallest absolute Gasteiger partial charge is 0.321 e. The van der Waals surface area contributed by atoms with Crippen molar-refractivity contribution in [3.63, 3.8) is 0 Å². The van der Waals surface area contributed by atoms with Crippen molar-refractivity contribution < 1.29 is 9.18 Å². The maximum atomic E-state index is 13.8. The summed E-state index contributed by atoms with van der Waals surface area (Å²) in [7, 11) is 0. The predicted octanol–water partition coefficient (Wildman–Crippen LogP) is 3.21. The first kappa shape index (κ1) is 17.1. The van der Waals surface area contributed by atoms with Gasteiger partial charge in [-0.2, -0.15) is 4.68 Å². The predicted molar refractivity (Wildman–Crippen MR) is 98.1 cm³/mol. The Bertz CT molecular complexity index is 929. The molecule has 0 radical (unpaired) electrons. The number of nitrogens with one attached hydrogen (secondary N) is 1. The van der Waals surface area contributed by atoms with Gasteiger partial charge in [-0.15, -0.1) is 5.10 Å². The van der Waals surface area contributed by atoms with E-state index in [0.29, 0.717) is 13.1 Å². The molecule has 2 aromatic carbocycles. The van der Waals surface area contributed by atoms with Gasteiger partial charge in [0.2, 0.25) is 0 Å². The fraction of sp³-hybridized carbons (Fsp3) is 0.263. The van der Waals surface area contributed by atoms with Gasteiger partial charge < -0.3 is 10.2 Å². The van der Waals surface area contributed by atoms with E-state index in [1.807, 2.05) is 30.3 Å². The molecule has 4 rings (SSSR count). The second kappa shape index (κ2) is 7.53. The molecule has 27 heavy (non-hydrogen) atoms. The van der Waals surface area contributed by atoms with Crippen molar-refractivity contribution in [2.24, 2.45) is 0 Å². The average molecular weight is 366 g/mol. The van der Waals surface area contributed by atoms with Crippen LogP contribution in [0.2, 0.25) is 0 Å². The van der Waals surface area contributed by atoms with Crippen LogP contribution in [0.5, 0.6) is 0 Å². The van der Waals surface area contributed by atoms with Gasteiger partial charge in [-0.05, 0) is 47.5 Å². The number of piperidine rings is 1. The summed E-state index contributed by atoms with van der Waals surface area (Å²) in [5.41, 5.74) is 1.06. The van der Waals surface area contributed by atoms with Crippen LogP contribution < -0.4 is 5.32 Å². The molecule has 2 heterocycles. The highest BCUT2D eigenvalue weighted by Crippen LogP contribution is 2.27. The van der Waals surface area contributed by atoms with E-state index >= 15 is 0 Å². The number of carbonyl (C=O) groups is 1. The molecular weight excluding hydrogens is 347 g/mol. The Balaban J connectivity index is 1.50. The lowest BCUT2D eigenvalue weighted by Gasteiger charge is -2.32. The van der Waals surface area contributed by atoms with E-state index in [9.17, 15) is 9.18 Å². The molecule has 1 saturated heterocycles. The molecule has 1 aliphatic rings. The highest BCUT2D eigenvalue weighted by molar-refractivity contribution is 5.89. The fourth-order valence-corrected chi connectivity index (χ4v) is 3.33. The molecule has 0 bridgehead atoms. The Morgan fingerprint density at radius 1 is 1.11 bits per heavy atom. The molecule has 1 aromatic heterocycles. The Kier molecular flexibility index (Phi) is 4.78. The molecule has 1 atom stereocenters. The average Bonchev–Trinajstić information content (AvgIpc) is 3.20. The second-order valence-electron chi connectivity index (χ2n) is 6.48. The molecule has 0 aliphatic carbocycles. The number of tetrazole rings is 1. The zero-order chi connectivity index (χ0) is 18.6. The van der Waals surface area contributed by atoms with Gasteiger partial charge in [-0.3, -0.25) is 0 Å². The number of likely N-dealkylation sites (tertiary alicyclic amines) is 1. The van der Waals surface area contributed by atoms with Gasteiger partial charge in [0.1, 0.15) is 5.82 Å². The zero-order valence-corrected chi connectivity index (χ0v) is 14.6. The van der Waals surface area contributed by atoms with Crippen LogP contribution >= 0.6 is 0 Å². The third kappa shape index (κ3) is 3.64. The lowest BCUT2D eigenvalue weighted by molar-refractivity contribution is 0.191. The summed E-state index contributed by atoms with van der Waals surface area (Å²) in [4.78, 5) is 14.3. The van der Waals surface area contributed by atoms with Crippen molar-refractivity contribution in [3.05, 3.63) is 66.2 Å². The quantitative estimate of drug-likeness (QED) is 0.772. The summed E-state index contributed by atoms with van der Waals surface area (Å²) in [6.45, 7) is 1.09. The molecule has 1 aliphatic heterocycles. The SMILES string of the molecule is O=C(Nc1ccccc1F)N1CCCC(c2nnnn2-c2ccccc2)C1. The summed E-state index contributed by atoms with van der Waals surface area (Å²) in [5.74, 6) is 0.289. The van der Waals surface area contributed by atoms with E-state index in [4.69, 9.17) is 0 Å². The Labute approximate surface area is 155 Å². The highest BCUT2D eigenvalue weighted by atomic mass is 19.1. The molecule has 138 valence electrons. The number of urea groups is 1. The summed E-state index contributed by atoms with van der Waals surface area (Å²) in [6.07, 6.45) is 1.72. The third-order valence-electron chi connectivity index (χ3n) is 4.68. The van der Waals surface area contributed by atoms with Gasteiger partial charge in [0.05, 0.1) is 11.4 Å². The monoisotopic (exact) mass is 366 g/mol. The lowest BCUT2D eigenvalue weighted by atomic mass is 9.97. The van der Waals surface area contributed by atoms with Crippen molar-refractivity contribution >= 4 is 11.7 Å². The van der Waals surface area contributed by atoms with Gasteiger partial charge in [0.15, 0.2) is 5.82 Å². The van der Waals surface area contributed by atoms with Crippen LogP contribution in [-0.2, 0) is 0 Å². The Hall–Kier alpha value is -3.29. The minimum absolute atomic E-state index is 0.0142. The van der Waals surface area contributed by atoms with Gasteiger partial charge in [0.25, 0.3) is 0 Å². The molecule has 2 amide bonds. The number of rotatable bonds is 3. The number of hydrogen-bond donors (Lipinski definition) is 1. The first-order valence-corrected chi connectivity index (χ1v) is 8.86. The van der Waals surface area contributed by atoms with E-state index in [0.717, 1.165) is 24.4 Å². The number of halogens is 1. The van der Waals surface area contributed by atoms with E-state index in [1.54, 1.807) is 27.8 Å². The maximum absolute atomic E-state index is 13.8. The first-order valence-electron chi connectivity index (χ1n) is 8.86. The fourth-order valence-electron chi connectivity index (χ4n) is 3.33. The normalized spacial score (nSPS) is 16.9. The van der Waals surface area contributed by atoms with Crippen molar-refractivity contribution in [1.82, 2.24) is 25.1 Å². The first-order chi connectivity index (χ1) is 13.2. The third-order valence-corrected chi connectivity index (χ3v) is 4.68. The second-order valence-corrected chi connectivity index (χ2v) is 6.48. The number of para-hydroxylation sites is 2. The molecule has 1 N–H and O–H groups in total. The minimum atomic E-state index is -0.451. The van der Waals surface area contributed by atoms with Crippen molar-refractivity contribution in [2.75, 3.05) is 18.4 Å². The number of anilines is 1. The molecule has 3 aromatic rings. The van der Waals surface area contributed by atoms with E-state index in [2.05, 4.69) is 20.8 Å². The van der Waals surface area contributed by atoms with Crippen LogP contribution in [0.1, 0.15) is 24.6 Å². The summed E-state index contributed by atoms with van der Waals surface area (Å²) >= 11 is 0. The topological polar surface area (TPSA) is 75.9 Å². The highest BCUT2D eigenvalue weighted by Gasteiger charge is 2.29. The van der Waals surface area contributed by atoms with Crippen LogP contribution in [-0.4, -0.2) is 44.2 Å².